The van der Waals surface area contributed by atoms with E-state index in [1.54, 1.807) is 6.92 Å². The van der Waals surface area contributed by atoms with Crippen LogP contribution in [0.25, 0.3) is 5.69 Å². The molecule has 0 aliphatic heterocycles. The van der Waals surface area contributed by atoms with Crippen molar-refractivity contribution in [1.82, 2.24) is 15.2 Å². The van der Waals surface area contributed by atoms with Gasteiger partial charge in [-0.05, 0) is 49.4 Å². The van der Waals surface area contributed by atoms with Crippen LogP contribution in [0.5, 0.6) is 5.75 Å². The minimum atomic E-state index is -4.49. The van der Waals surface area contributed by atoms with Gasteiger partial charge in [0.15, 0.2) is 0 Å². The Labute approximate surface area is 168 Å². The van der Waals surface area contributed by atoms with Crippen molar-refractivity contribution < 1.29 is 23.1 Å². The fourth-order valence-electron chi connectivity index (χ4n) is 2.48. The first kappa shape index (κ1) is 20.4. The third kappa shape index (κ3) is 4.57. The largest absolute Gasteiger partial charge is 0.508 e. The van der Waals surface area contributed by atoms with E-state index in [1.165, 1.54) is 42.6 Å². The molecule has 0 saturated carbocycles. The molecule has 0 aliphatic carbocycles. The third-order valence-electron chi connectivity index (χ3n) is 3.96. The number of rotatable bonds is 4. The van der Waals surface area contributed by atoms with E-state index in [4.69, 9.17) is 11.6 Å². The molecule has 0 radical (unpaired) electrons. The van der Waals surface area contributed by atoms with Crippen LogP contribution >= 0.6 is 11.6 Å². The Morgan fingerprint density at radius 3 is 2.59 bits per heavy atom. The number of benzene rings is 2. The van der Waals surface area contributed by atoms with Gasteiger partial charge in [-0.15, -0.1) is 0 Å². The van der Waals surface area contributed by atoms with E-state index >= 15 is 0 Å². The summed E-state index contributed by atoms with van der Waals surface area (Å²) in [4.78, 5) is 12.0. The Bertz CT molecular complexity index is 1080. The van der Waals surface area contributed by atoms with E-state index in [-0.39, 0.29) is 22.2 Å². The lowest BCUT2D eigenvalue weighted by atomic mass is 10.2. The number of nitrogens with zero attached hydrogens (tertiary/aromatic N) is 3. The number of aromatic nitrogens is 2. The smallest absolute Gasteiger partial charge is 0.416 e. The molecule has 0 unspecified atom stereocenters. The highest BCUT2D eigenvalue weighted by Crippen LogP contribution is 2.31. The highest BCUT2D eigenvalue weighted by Gasteiger charge is 2.30. The molecule has 0 spiro atoms. The number of halogens is 4. The van der Waals surface area contributed by atoms with Crippen molar-refractivity contribution >= 4 is 23.7 Å². The van der Waals surface area contributed by atoms with Gasteiger partial charge in [0.2, 0.25) is 0 Å². The fraction of sp³-hybridized carbons (Fsp3) is 0.105. The summed E-state index contributed by atoms with van der Waals surface area (Å²) in [5.41, 5.74) is 2.65. The predicted molar refractivity (Wildman–Crippen MR) is 101 cm³/mol. The average Bonchev–Trinajstić information content (AvgIpc) is 2.96. The number of carbonyl (C=O) groups is 1. The number of hydrogen-bond acceptors (Lipinski definition) is 4. The van der Waals surface area contributed by atoms with Gasteiger partial charge in [0.1, 0.15) is 10.9 Å². The molecule has 2 aromatic carbocycles. The molecule has 1 amide bonds. The van der Waals surface area contributed by atoms with Crippen LogP contribution in [-0.2, 0) is 6.18 Å². The SMILES string of the molecule is Cc1nn(-c2cccc(C(F)(F)F)c2)c(Cl)c1/C=N/NC(=O)c1ccc(O)cc1. The second-order valence-electron chi connectivity index (χ2n) is 6.00. The molecule has 0 saturated heterocycles. The number of aromatic hydroxyl groups is 1. The molecule has 1 aromatic heterocycles. The summed E-state index contributed by atoms with van der Waals surface area (Å²) in [5.74, 6) is -0.491. The normalized spacial score (nSPS) is 11.8. The summed E-state index contributed by atoms with van der Waals surface area (Å²) in [7, 11) is 0. The number of aryl methyl sites for hydroxylation is 1. The predicted octanol–water partition coefficient (Wildman–Crippen LogP) is 4.32. The maximum Gasteiger partial charge on any atom is 0.416 e. The minimum absolute atomic E-state index is 0.0227. The van der Waals surface area contributed by atoms with Crippen LogP contribution < -0.4 is 5.43 Å². The molecule has 3 aromatic rings. The van der Waals surface area contributed by atoms with Crippen molar-refractivity contribution in [3.63, 3.8) is 0 Å². The molecule has 0 fully saturated rings. The Morgan fingerprint density at radius 2 is 1.93 bits per heavy atom. The van der Waals surface area contributed by atoms with E-state index in [9.17, 15) is 23.1 Å². The van der Waals surface area contributed by atoms with Crippen molar-refractivity contribution in [2.75, 3.05) is 0 Å². The van der Waals surface area contributed by atoms with E-state index < -0.39 is 17.6 Å². The Morgan fingerprint density at radius 1 is 1.24 bits per heavy atom. The number of hydrazone groups is 1. The number of carbonyl (C=O) groups excluding carboxylic acids is 1. The molecular formula is C19H14ClF3N4O2. The zero-order valence-corrected chi connectivity index (χ0v) is 15.7. The number of phenolic OH excluding ortho intramolecular Hbond substituents is 1. The zero-order valence-electron chi connectivity index (χ0n) is 14.9. The summed E-state index contributed by atoms with van der Waals surface area (Å²) in [5, 5.41) is 17.3. The van der Waals surface area contributed by atoms with Crippen molar-refractivity contribution in [2.45, 2.75) is 13.1 Å². The van der Waals surface area contributed by atoms with E-state index in [0.29, 0.717) is 11.3 Å². The molecular weight excluding hydrogens is 409 g/mol. The lowest BCUT2D eigenvalue weighted by Gasteiger charge is -2.09. The van der Waals surface area contributed by atoms with Gasteiger partial charge in [-0.3, -0.25) is 4.79 Å². The van der Waals surface area contributed by atoms with E-state index in [0.717, 1.165) is 16.8 Å². The first-order valence-corrected chi connectivity index (χ1v) is 8.60. The van der Waals surface area contributed by atoms with Crippen molar-refractivity contribution in [1.29, 1.82) is 0 Å². The summed E-state index contributed by atoms with van der Waals surface area (Å²) in [6.07, 6.45) is -3.24. The van der Waals surface area contributed by atoms with Crippen LogP contribution in [0.15, 0.2) is 53.6 Å². The fourth-order valence-corrected chi connectivity index (χ4v) is 2.80. The third-order valence-corrected chi connectivity index (χ3v) is 4.32. The van der Waals surface area contributed by atoms with Gasteiger partial charge < -0.3 is 5.11 Å². The Hall–Kier alpha value is -3.33. The van der Waals surface area contributed by atoms with E-state index in [1.807, 2.05) is 0 Å². The molecule has 0 bridgehead atoms. The number of alkyl halides is 3. The van der Waals surface area contributed by atoms with Gasteiger partial charge in [-0.2, -0.15) is 23.4 Å². The summed E-state index contributed by atoms with van der Waals surface area (Å²) in [6, 6.07) is 10.2. The minimum Gasteiger partial charge on any atom is -0.508 e. The number of hydrogen-bond donors (Lipinski definition) is 2. The quantitative estimate of drug-likeness (QED) is 0.485. The van der Waals surface area contributed by atoms with Gasteiger partial charge in [-0.1, -0.05) is 17.7 Å². The molecule has 6 nitrogen and oxygen atoms in total. The van der Waals surface area contributed by atoms with Crippen molar-refractivity contribution in [2.24, 2.45) is 5.10 Å². The molecule has 150 valence electrons. The van der Waals surface area contributed by atoms with Crippen molar-refractivity contribution in [3.8, 4) is 11.4 Å². The topological polar surface area (TPSA) is 79.5 Å². The second kappa shape index (κ2) is 7.96. The molecule has 2 N–H and O–H groups in total. The number of amides is 1. The first-order chi connectivity index (χ1) is 13.7. The molecule has 10 heteroatoms. The molecule has 0 aliphatic rings. The zero-order chi connectivity index (χ0) is 21.2. The van der Waals surface area contributed by atoms with Gasteiger partial charge in [0.25, 0.3) is 5.91 Å². The van der Waals surface area contributed by atoms with Crippen LogP contribution in [0.1, 0.15) is 27.2 Å². The number of nitrogens with one attached hydrogen (secondary N) is 1. The van der Waals surface area contributed by atoms with Crippen LogP contribution in [0.3, 0.4) is 0 Å². The van der Waals surface area contributed by atoms with Crippen LogP contribution in [-0.4, -0.2) is 27.0 Å². The van der Waals surface area contributed by atoms with Crippen LogP contribution in [0, 0.1) is 6.92 Å². The Kier molecular flexibility index (Phi) is 5.60. The van der Waals surface area contributed by atoms with Gasteiger partial charge in [-0.25, -0.2) is 10.1 Å². The van der Waals surface area contributed by atoms with Crippen LogP contribution in [0.4, 0.5) is 13.2 Å². The van der Waals surface area contributed by atoms with E-state index in [2.05, 4.69) is 15.6 Å². The van der Waals surface area contributed by atoms with Gasteiger partial charge in [0, 0.05) is 5.56 Å². The Balaban J connectivity index is 1.82. The second-order valence-corrected chi connectivity index (χ2v) is 6.35. The lowest BCUT2D eigenvalue weighted by Crippen LogP contribution is -2.17. The first-order valence-electron chi connectivity index (χ1n) is 8.22. The molecule has 3 rings (SSSR count). The molecule has 1 heterocycles. The standard InChI is InChI=1S/C19H14ClF3N4O2/c1-11-16(10-24-25-18(29)12-5-7-15(28)8-6-12)17(20)27(26-11)14-4-2-3-13(9-14)19(21,22)23/h2-10,28H,1H3,(H,25,29)/b24-10+. The monoisotopic (exact) mass is 422 g/mol. The maximum absolute atomic E-state index is 12.9. The molecule has 0 atom stereocenters. The lowest BCUT2D eigenvalue weighted by molar-refractivity contribution is -0.137. The summed E-state index contributed by atoms with van der Waals surface area (Å²) in [6.45, 7) is 1.61. The van der Waals surface area contributed by atoms with Crippen molar-refractivity contribution in [3.05, 3.63) is 76.1 Å². The highest BCUT2D eigenvalue weighted by molar-refractivity contribution is 6.32. The van der Waals surface area contributed by atoms with Gasteiger partial charge in [0.05, 0.1) is 28.7 Å². The molecule has 29 heavy (non-hydrogen) atoms. The summed E-state index contributed by atoms with van der Waals surface area (Å²) >= 11 is 6.27. The van der Waals surface area contributed by atoms with Crippen LogP contribution in [0.2, 0.25) is 5.15 Å². The maximum atomic E-state index is 12.9. The number of phenols is 1. The van der Waals surface area contributed by atoms with Gasteiger partial charge >= 0.3 is 6.18 Å². The average molecular weight is 423 g/mol. The highest BCUT2D eigenvalue weighted by atomic mass is 35.5. The summed E-state index contributed by atoms with van der Waals surface area (Å²) < 4.78 is 40.0.